The predicted molar refractivity (Wildman–Crippen MR) is 436 cm³/mol. The summed E-state index contributed by atoms with van der Waals surface area (Å²) in [6.45, 7) is 1.18. The summed E-state index contributed by atoms with van der Waals surface area (Å²) in [5.74, 6) is -13.9. The number of unbranched alkanes of at least 4 members (excludes halogenated alkanes) is 8. The number of nitrogens with one attached hydrogen (secondary N) is 4. The third kappa shape index (κ3) is 41.7. The van der Waals surface area contributed by atoms with E-state index in [0.29, 0.717) is 122 Å². The van der Waals surface area contributed by atoms with E-state index in [4.69, 9.17) is 5.11 Å². The number of benzene rings is 3. The third-order valence-corrected chi connectivity index (χ3v) is 22.3. The third-order valence-electron chi connectivity index (χ3n) is 21.6. The van der Waals surface area contributed by atoms with Crippen LogP contribution < -0.4 is 21.3 Å². The number of hydrogen-bond donors (Lipinski definition) is 11. The summed E-state index contributed by atoms with van der Waals surface area (Å²) in [7, 11) is 0. The van der Waals surface area contributed by atoms with E-state index in [9.17, 15) is 103 Å². The molecular weight excluding hydrogens is 1600 g/mol. The highest BCUT2D eigenvalue weighted by molar-refractivity contribution is 14.1. The van der Waals surface area contributed by atoms with Crippen molar-refractivity contribution in [1.82, 2.24) is 40.9 Å². The molecular formula is C84H121IN8O22. The minimum Gasteiger partial charge on any atom is -0.481 e. The average Bonchev–Trinajstić information content (AvgIpc) is 0.832. The molecule has 1 aliphatic heterocycles. The number of fused-ring (bicyclic) bond motifs is 1. The number of carboxylic acid groups (broad SMARTS) is 7. The van der Waals surface area contributed by atoms with Crippen LogP contribution in [0, 0.1) is 33.2 Å². The number of carboxylic acids is 7. The Balaban J connectivity index is 1.14. The van der Waals surface area contributed by atoms with Gasteiger partial charge in [0.25, 0.3) is 0 Å². The lowest BCUT2D eigenvalue weighted by atomic mass is 9.81. The van der Waals surface area contributed by atoms with Crippen molar-refractivity contribution < 1.29 is 108 Å². The standard InChI is InChI=1S/C84H121IN8O22/c85-67-36-30-58(31-37-67)16-15-23-68(94)21-8-3-5-19-64(82(110)111)50-69(95)22-7-1-2-10-26-74(98)88-71(24-13-14-39-86-75(99)54-90-40-42-91(55-77(102)103)44-46-93(57-79(106)107)47-45-92(43-41-90)56-78(104)105)81(109)87-53-59-27-33-62(34-28-59)80(108)89-72(49-60-29-32-61-17-11-12-18-63(61)48-60)73(97)25-9-4-6-20-65(83(112)113)51-70(96)52-66(84(114)115)35-38-76(100)101/h11-12,17-18,29-32,36-37,48,59,62,64-66,71-72H,1-10,13-16,19-28,33-35,38-47,49-57H2,(H,86,99)(H,87,109)(H,88,98)(H,89,108)(H,100,101)(H,102,103)(H,104,105)(H,106,107)(H,110,111)(H,112,113)(H,114,115). The normalized spacial score (nSPS) is 16.7. The predicted octanol–water partition coefficient (Wildman–Crippen LogP) is 8.32. The number of ketones is 4. The topological polar surface area (TPSA) is 459 Å². The quantitative estimate of drug-likeness (QED) is 0.0187. The Kier molecular flexibility index (Phi) is 45.8. The maximum atomic E-state index is 14.2. The van der Waals surface area contributed by atoms with Crippen molar-refractivity contribution in [2.24, 2.45) is 29.6 Å². The number of carbonyl (C=O) groups excluding carboxylic acids is 8. The summed E-state index contributed by atoms with van der Waals surface area (Å²) in [5, 5.41) is 81.1. The second-order valence-electron chi connectivity index (χ2n) is 31.0. The van der Waals surface area contributed by atoms with Crippen LogP contribution in [0.4, 0.5) is 0 Å². The highest BCUT2D eigenvalue weighted by Crippen LogP contribution is 2.30. The summed E-state index contributed by atoms with van der Waals surface area (Å²) in [6.07, 6.45) is 10.0. The van der Waals surface area contributed by atoms with Crippen LogP contribution in [0.25, 0.3) is 10.8 Å². The van der Waals surface area contributed by atoms with Gasteiger partial charge in [-0.2, -0.15) is 0 Å². The second-order valence-corrected chi connectivity index (χ2v) is 32.2. The molecule has 0 radical (unpaired) electrons. The van der Waals surface area contributed by atoms with Gasteiger partial charge in [-0.3, -0.25) is 91.5 Å². The summed E-state index contributed by atoms with van der Waals surface area (Å²) >= 11 is 2.25. The van der Waals surface area contributed by atoms with Gasteiger partial charge in [-0.15, -0.1) is 0 Å². The van der Waals surface area contributed by atoms with Gasteiger partial charge in [-0.25, -0.2) is 0 Å². The lowest BCUT2D eigenvalue weighted by Crippen LogP contribution is -2.49. The molecule has 1 heterocycles. The van der Waals surface area contributed by atoms with Crippen molar-refractivity contribution in [3.05, 3.63) is 81.4 Å². The van der Waals surface area contributed by atoms with Crippen LogP contribution in [0.5, 0.6) is 0 Å². The lowest BCUT2D eigenvalue weighted by molar-refractivity contribution is -0.146. The molecule has 115 heavy (non-hydrogen) atoms. The van der Waals surface area contributed by atoms with Crippen LogP contribution in [0.1, 0.15) is 204 Å². The summed E-state index contributed by atoms with van der Waals surface area (Å²) in [6, 6.07) is 19.9. The highest BCUT2D eigenvalue weighted by atomic mass is 127. The van der Waals surface area contributed by atoms with Crippen molar-refractivity contribution in [2.45, 2.75) is 218 Å². The van der Waals surface area contributed by atoms with Crippen LogP contribution in [0.2, 0.25) is 0 Å². The fourth-order valence-electron chi connectivity index (χ4n) is 14.8. The number of nitrogens with zero attached hydrogens (tertiary/aromatic N) is 4. The van der Waals surface area contributed by atoms with Gasteiger partial charge < -0.3 is 57.0 Å². The minimum absolute atomic E-state index is 0.0369. The molecule has 11 N–H and O–H groups in total. The molecule has 31 heteroatoms. The van der Waals surface area contributed by atoms with Crippen LogP contribution in [-0.2, 0) is 84.8 Å². The van der Waals surface area contributed by atoms with Crippen molar-refractivity contribution in [2.75, 3.05) is 91.6 Å². The number of aryl methyl sites for hydroxylation is 1. The minimum atomic E-state index is -1.34. The molecule has 1 saturated carbocycles. The van der Waals surface area contributed by atoms with Crippen molar-refractivity contribution >= 4 is 122 Å². The number of rotatable bonds is 57. The van der Waals surface area contributed by atoms with E-state index in [-0.39, 0.29) is 184 Å². The van der Waals surface area contributed by atoms with Crippen LogP contribution in [0.15, 0.2) is 66.7 Å². The van der Waals surface area contributed by atoms with E-state index in [1.807, 2.05) is 54.6 Å². The number of carbonyl (C=O) groups is 15. The van der Waals surface area contributed by atoms with Crippen LogP contribution in [-0.4, -0.2) is 248 Å². The van der Waals surface area contributed by atoms with Gasteiger partial charge in [-0.05, 0) is 172 Å². The maximum absolute atomic E-state index is 14.2. The van der Waals surface area contributed by atoms with E-state index < -0.39 is 108 Å². The van der Waals surface area contributed by atoms with E-state index in [2.05, 4.69) is 56.0 Å². The molecule has 5 rings (SSSR count). The molecule has 2 aliphatic rings. The van der Waals surface area contributed by atoms with Gasteiger partial charge in [-0.1, -0.05) is 93.1 Å². The number of amides is 4. The largest absolute Gasteiger partial charge is 0.481 e. The molecule has 636 valence electrons. The zero-order valence-corrected chi connectivity index (χ0v) is 68.5. The van der Waals surface area contributed by atoms with Crippen molar-refractivity contribution in [3.8, 4) is 0 Å². The first-order valence-electron chi connectivity index (χ1n) is 40.9. The summed E-state index contributed by atoms with van der Waals surface area (Å²) in [4.78, 5) is 197. The van der Waals surface area contributed by atoms with Gasteiger partial charge in [0.2, 0.25) is 23.6 Å². The second kappa shape index (κ2) is 54.3. The van der Waals surface area contributed by atoms with E-state index in [1.54, 1.807) is 19.6 Å². The van der Waals surface area contributed by atoms with Crippen LogP contribution in [0.3, 0.4) is 0 Å². The van der Waals surface area contributed by atoms with Gasteiger partial charge in [0.1, 0.15) is 23.4 Å². The Morgan fingerprint density at radius 3 is 1.41 bits per heavy atom. The number of aliphatic carboxylic acids is 7. The van der Waals surface area contributed by atoms with Gasteiger partial charge in [0.05, 0.1) is 50.0 Å². The Morgan fingerprint density at radius 2 is 0.870 bits per heavy atom. The molecule has 0 bridgehead atoms. The van der Waals surface area contributed by atoms with E-state index in [1.165, 1.54) is 5.56 Å². The molecule has 5 unspecified atom stereocenters. The summed E-state index contributed by atoms with van der Waals surface area (Å²) in [5.41, 5.74) is 2.01. The van der Waals surface area contributed by atoms with E-state index in [0.717, 1.165) is 32.7 Å². The molecule has 0 aromatic heterocycles. The first-order chi connectivity index (χ1) is 55.0. The Hall–Kier alpha value is -8.66. The SMILES string of the molecule is O=C(O)CCC(CC(=O)CC(CCCCCC(=O)C(Cc1ccc2ccccc2c1)NC(=O)C1CCC(CNC(=O)C(CCCCNC(=O)CN2CCN(CC(=O)O)CCN(CC(=O)O)CCN(CC(=O)O)CC2)NC(=O)CCCCCCC(=O)CC(CCCCCC(=O)CCCc2ccc(I)cc2)C(=O)O)CC1)C(=O)O)C(=O)O. The molecule has 0 spiro atoms. The average molecular weight is 1720 g/mol. The summed E-state index contributed by atoms with van der Waals surface area (Å²) < 4.78 is 1.15. The molecule has 1 saturated heterocycles. The lowest BCUT2D eigenvalue weighted by Gasteiger charge is -2.32. The first kappa shape index (κ1) is 96.9. The van der Waals surface area contributed by atoms with Crippen LogP contribution >= 0.6 is 22.6 Å². The number of Topliss-reactive ketones (excluding diaryl/α,β-unsaturated/α-hetero) is 4. The zero-order chi connectivity index (χ0) is 84.0. The smallest absolute Gasteiger partial charge is 0.317 e. The molecule has 5 atom stereocenters. The van der Waals surface area contributed by atoms with Gasteiger partial charge in [0, 0.05) is 133 Å². The molecule has 3 aromatic carbocycles. The maximum Gasteiger partial charge on any atom is 0.317 e. The Labute approximate surface area is 686 Å². The number of halogens is 1. The Morgan fingerprint density at radius 1 is 0.400 bits per heavy atom. The fourth-order valence-corrected chi connectivity index (χ4v) is 15.2. The molecule has 2 fully saturated rings. The van der Waals surface area contributed by atoms with Gasteiger partial charge in [0.15, 0.2) is 5.78 Å². The number of hydrogen-bond acceptors (Lipinski definition) is 19. The fraction of sp³-hybridized carbons (Fsp3) is 0.631. The highest BCUT2D eigenvalue weighted by Gasteiger charge is 2.33. The monoisotopic (exact) mass is 1720 g/mol. The Bertz CT molecular complexity index is 3630. The molecule has 4 amide bonds. The molecule has 1 aliphatic carbocycles. The molecule has 30 nitrogen and oxygen atoms in total. The first-order valence-corrected chi connectivity index (χ1v) is 42.0. The molecule has 3 aromatic rings. The van der Waals surface area contributed by atoms with Crippen molar-refractivity contribution in [3.63, 3.8) is 0 Å². The van der Waals surface area contributed by atoms with Gasteiger partial charge >= 0.3 is 41.8 Å². The zero-order valence-electron chi connectivity index (χ0n) is 66.3. The van der Waals surface area contributed by atoms with E-state index >= 15 is 0 Å². The van der Waals surface area contributed by atoms with Crippen molar-refractivity contribution in [1.29, 1.82) is 0 Å².